The highest BCUT2D eigenvalue weighted by Crippen LogP contribution is 2.52. The van der Waals surface area contributed by atoms with Gasteiger partial charge >= 0.3 is 0 Å². The number of fused-ring (bicyclic) bond motifs is 9. The van der Waals surface area contributed by atoms with Crippen LogP contribution >= 0.6 is 0 Å². The Bertz CT molecular complexity index is 4490. The predicted octanol–water partition coefficient (Wildman–Crippen LogP) is 19.8. The second-order valence-corrected chi connectivity index (χ2v) is 19.0. The van der Waals surface area contributed by atoms with E-state index >= 15 is 0 Å². The van der Waals surface area contributed by atoms with E-state index in [9.17, 15) is 0 Å². The van der Waals surface area contributed by atoms with Crippen molar-refractivity contribution in [3.63, 3.8) is 0 Å². The minimum Gasteiger partial charge on any atom is -0.0622 e. The van der Waals surface area contributed by atoms with Crippen LogP contribution < -0.4 is 0 Å². The van der Waals surface area contributed by atoms with Gasteiger partial charge in [0.25, 0.3) is 0 Å². The highest BCUT2D eigenvalue weighted by molar-refractivity contribution is 6.34. The van der Waals surface area contributed by atoms with E-state index in [4.69, 9.17) is 0 Å². The van der Waals surface area contributed by atoms with E-state index in [0.29, 0.717) is 0 Å². The van der Waals surface area contributed by atoms with Gasteiger partial charge in [0.05, 0.1) is 0 Å². The smallest absolute Gasteiger partial charge is 0.00139 e. The Hall–Kier alpha value is -9.10. The molecule has 0 amide bonds. The van der Waals surface area contributed by atoms with Gasteiger partial charge in [0.1, 0.15) is 0 Å². The maximum absolute atomic E-state index is 2.53. The molecule has 0 nitrogen and oxygen atoms in total. The first-order chi connectivity index (χ1) is 34.7. The van der Waals surface area contributed by atoms with Gasteiger partial charge in [-0.3, -0.25) is 0 Å². The van der Waals surface area contributed by atoms with Crippen LogP contribution in [0.2, 0.25) is 0 Å². The van der Waals surface area contributed by atoms with Gasteiger partial charge in [-0.25, -0.2) is 0 Å². The molecule has 0 atom stereocenters. The highest BCUT2D eigenvalue weighted by atomic mass is 14.3. The maximum atomic E-state index is 2.53. The lowest BCUT2D eigenvalue weighted by Gasteiger charge is -2.24. The van der Waals surface area contributed by atoms with E-state index in [1.807, 2.05) is 0 Å². The van der Waals surface area contributed by atoms with Crippen LogP contribution in [0.25, 0.3) is 153 Å². The molecule has 0 saturated heterocycles. The van der Waals surface area contributed by atoms with Gasteiger partial charge in [0.2, 0.25) is 0 Å². The summed E-state index contributed by atoms with van der Waals surface area (Å²) in [6.45, 7) is 0. The molecular formula is C70H42. The summed E-state index contributed by atoms with van der Waals surface area (Å²) in [4.78, 5) is 0. The van der Waals surface area contributed by atoms with Crippen molar-refractivity contribution < 1.29 is 0 Å². The van der Waals surface area contributed by atoms with E-state index < -0.39 is 0 Å². The molecule has 0 unspecified atom stereocenters. The summed E-state index contributed by atoms with van der Waals surface area (Å²) in [6, 6.07) is 95.6. The van der Waals surface area contributed by atoms with Crippen molar-refractivity contribution in [2.75, 3.05) is 0 Å². The molecular weight excluding hydrogens is 841 g/mol. The molecule has 0 aliphatic carbocycles. The van der Waals surface area contributed by atoms with Gasteiger partial charge in [0.15, 0.2) is 0 Å². The fourth-order valence-electron chi connectivity index (χ4n) is 12.3. The van der Waals surface area contributed by atoms with Crippen LogP contribution in [-0.4, -0.2) is 0 Å². The van der Waals surface area contributed by atoms with Crippen molar-refractivity contribution in [2.24, 2.45) is 0 Å². The van der Waals surface area contributed by atoms with Crippen LogP contribution in [0, 0.1) is 0 Å². The molecule has 0 spiro atoms. The summed E-state index contributed by atoms with van der Waals surface area (Å²) in [7, 11) is 0. The molecule has 0 fully saturated rings. The molecule has 322 valence electrons. The van der Waals surface area contributed by atoms with Gasteiger partial charge in [-0.15, -0.1) is 0 Å². The zero-order chi connectivity index (χ0) is 45.9. The SMILES string of the molecule is c1ccc(-c2ccccc2-c2cc(-c3cc4ccccc4c4ccccc34)c3ccc4c(-c5cc6ccccc6c6ccccc56)cc(-c5cc6ccccc6c6ccccc56)c5ccc2c3c54)cc1. The number of rotatable bonds is 5. The third-order valence-electron chi connectivity index (χ3n) is 15.4. The largest absolute Gasteiger partial charge is 0.0622 e. The first kappa shape index (κ1) is 38.9. The second-order valence-electron chi connectivity index (χ2n) is 19.0. The molecule has 15 rings (SSSR count). The lowest BCUT2D eigenvalue weighted by atomic mass is 9.79. The van der Waals surface area contributed by atoms with Crippen molar-refractivity contribution in [1.82, 2.24) is 0 Å². The standard InChI is InChI=1S/C70H42/c1-2-18-43(19-3-1)47-23-10-11-30-54(47)65-41-66(62-38-44-20-4-7-24-48(44)51-27-12-15-31-55(51)62)59-36-37-61-68(64-40-46-22-6-9-26-50(46)53-29-14-17-33-57(53)64)42-67(60-35-34-58(65)69(59)70(60)61)63-39-45-21-5-8-25-49(45)52-28-13-16-32-56(52)63/h1-42H. The maximum Gasteiger partial charge on any atom is -0.00139 e. The number of benzene rings is 15. The van der Waals surface area contributed by atoms with Gasteiger partial charge in [-0.2, -0.15) is 0 Å². The zero-order valence-corrected chi connectivity index (χ0v) is 38.2. The van der Waals surface area contributed by atoms with Crippen molar-refractivity contribution in [2.45, 2.75) is 0 Å². The Balaban J connectivity index is 1.16. The van der Waals surface area contributed by atoms with Gasteiger partial charge < -0.3 is 0 Å². The summed E-state index contributed by atoms with van der Waals surface area (Å²) in [5.74, 6) is 0. The van der Waals surface area contributed by atoms with Crippen molar-refractivity contribution in [3.05, 3.63) is 255 Å². The average molecular weight is 883 g/mol. The fraction of sp³-hybridized carbons (Fsp3) is 0. The molecule has 0 saturated carbocycles. The molecule has 0 N–H and O–H groups in total. The molecule has 0 bridgehead atoms. The van der Waals surface area contributed by atoms with Gasteiger partial charge in [0, 0.05) is 0 Å². The predicted molar refractivity (Wildman–Crippen MR) is 302 cm³/mol. The van der Waals surface area contributed by atoms with Gasteiger partial charge in [-0.1, -0.05) is 224 Å². The van der Waals surface area contributed by atoms with Crippen LogP contribution in [-0.2, 0) is 0 Å². The summed E-state index contributed by atoms with van der Waals surface area (Å²) < 4.78 is 0. The summed E-state index contributed by atoms with van der Waals surface area (Å²) >= 11 is 0. The van der Waals surface area contributed by atoms with Gasteiger partial charge in [-0.05, 0) is 183 Å². The Kier molecular flexibility index (Phi) is 8.46. The van der Waals surface area contributed by atoms with Crippen molar-refractivity contribution in [3.8, 4) is 55.6 Å². The molecule has 0 heteroatoms. The zero-order valence-electron chi connectivity index (χ0n) is 38.2. The van der Waals surface area contributed by atoms with Crippen molar-refractivity contribution in [1.29, 1.82) is 0 Å². The Morgan fingerprint density at radius 3 is 0.800 bits per heavy atom. The molecule has 0 radical (unpaired) electrons. The molecule has 15 aromatic rings. The van der Waals surface area contributed by atoms with Crippen molar-refractivity contribution >= 4 is 97.0 Å². The van der Waals surface area contributed by atoms with Crippen LogP contribution in [0.4, 0.5) is 0 Å². The Morgan fingerprint density at radius 2 is 0.414 bits per heavy atom. The van der Waals surface area contributed by atoms with E-state index in [0.717, 1.165) is 0 Å². The molecule has 70 heavy (non-hydrogen) atoms. The van der Waals surface area contributed by atoms with E-state index in [2.05, 4.69) is 255 Å². The first-order valence-electron chi connectivity index (χ1n) is 24.4. The van der Waals surface area contributed by atoms with E-state index in [1.165, 1.54) is 153 Å². The normalized spacial score (nSPS) is 12.0. The monoisotopic (exact) mass is 882 g/mol. The minimum atomic E-state index is 1.21. The fourth-order valence-corrected chi connectivity index (χ4v) is 12.3. The Labute approximate surface area is 405 Å². The molecule has 0 heterocycles. The van der Waals surface area contributed by atoms with Crippen LogP contribution in [0.15, 0.2) is 255 Å². The highest BCUT2D eigenvalue weighted by Gasteiger charge is 2.25. The quantitative estimate of drug-likeness (QED) is 0.151. The number of hydrogen-bond acceptors (Lipinski definition) is 0. The topological polar surface area (TPSA) is 0 Å². The minimum absolute atomic E-state index is 1.21. The third-order valence-corrected chi connectivity index (χ3v) is 15.4. The first-order valence-corrected chi connectivity index (χ1v) is 24.4. The third kappa shape index (κ3) is 5.71. The average Bonchev–Trinajstić information content (AvgIpc) is 3.44. The van der Waals surface area contributed by atoms with Crippen LogP contribution in [0.3, 0.4) is 0 Å². The molecule has 0 aliphatic rings. The Morgan fingerprint density at radius 1 is 0.143 bits per heavy atom. The summed E-state index contributed by atoms with van der Waals surface area (Å²) in [6.07, 6.45) is 0. The summed E-state index contributed by atoms with van der Waals surface area (Å²) in [5, 5.41) is 22.7. The lowest BCUT2D eigenvalue weighted by molar-refractivity contribution is 1.60. The summed E-state index contributed by atoms with van der Waals surface area (Å²) in [5.41, 5.74) is 12.3. The van der Waals surface area contributed by atoms with Crippen LogP contribution in [0.5, 0.6) is 0 Å². The molecule has 0 aliphatic heterocycles. The molecule has 0 aromatic heterocycles. The van der Waals surface area contributed by atoms with Crippen LogP contribution in [0.1, 0.15) is 0 Å². The van der Waals surface area contributed by atoms with E-state index in [-0.39, 0.29) is 0 Å². The number of hydrogen-bond donors (Lipinski definition) is 0. The molecule has 15 aromatic carbocycles. The van der Waals surface area contributed by atoms with E-state index in [1.54, 1.807) is 0 Å². The second kappa shape index (κ2) is 15.2. The lowest BCUT2D eigenvalue weighted by Crippen LogP contribution is -1.96.